The summed E-state index contributed by atoms with van der Waals surface area (Å²) in [5.74, 6) is -1.96. The van der Waals surface area contributed by atoms with Gasteiger partial charge in [0.1, 0.15) is 17.7 Å². The third-order valence-corrected chi connectivity index (χ3v) is 3.50. The molecule has 0 heterocycles. The molecule has 2 aromatic rings. The SMILES string of the molecule is OC(c1ccc(F)cc1C(F)(F)F)c1cccc(Br)c1F. The molecule has 0 saturated carbocycles. The van der Waals surface area contributed by atoms with Crippen molar-refractivity contribution in [3.63, 3.8) is 0 Å². The fourth-order valence-corrected chi connectivity index (χ4v) is 2.29. The Hall–Kier alpha value is -1.47. The largest absolute Gasteiger partial charge is 0.416 e. The predicted octanol–water partition coefficient (Wildman–Crippen LogP) is 4.83. The maximum atomic E-state index is 13.9. The van der Waals surface area contributed by atoms with Crippen molar-refractivity contribution in [2.75, 3.05) is 0 Å². The summed E-state index contributed by atoms with van der Waals surface area (Å²) < 4.78 is 65.6. The standard InChI is InChI=1S/C14H8BrF5O/c15-11-3-1-2-9(12(11)17)13(21)8-5-4-7(16)6-10(8)14(18,19)20/h1-6,13,21H. The zero-order chi connectivity index (χ0) is 15.8. The minimum absolute atomic E-state index is 0.00900. The van der Waals surface area contributed by atoms with E-state index in [4.69, 9.17) is 0 Å². The molecule has 2 rings (SSSR count). The number of aliphatic hydroxyl groups excluding tert-OH is 1. The molecule has 0 aliphatic carbocycles. The first-order valence-corrected chi connectivity index (χ1v) is 6.49. The number of alkyl halides is 3. The van der Waals surface area contributed by atoms with Gasteiger partial charge in [-0.15, -0.1) is 0 Å². The Kier molecular flexibility index (Phi) is 4.34. The minimum atomic E-state index is -4.86. The Morgan fingerprint density at radius 1 is 1.00 bits per heavy atom. The van der Waals surface area contributed by atoms with E-state index in [-0.39, 0.29) is 16.1 Å². The van der Waals surface area contributed by atoms with Crippen LogP contribution in [0.15, 0.2) is 40.9 Å². The molecule has 112 valence electrons. The van der Waals surface area contributed by atoms with Crippen molar-refractivity contribution >= 4 is 15.9 Å². The Morgan fingerprint density at radius 3 is 2.29 bits per heavy atom. The van der Waals surface area contributed by atoms with Crippen LogP contribution in [0.5, 0.6) is 0 Å². The molecule has 0 saturated heterocycles. The minimum Gasteiger partial charge on any atom is -0.384 e. The zero-order valence-corrected chi connectivity index (χ0v) is 11.8. The van der Waals surface area contributed by atoms with Gasteiger partial charge in [0.25, 0.3) is 0 Å². The second kappa shape index (κ2) is 5.73. The van der Waals surface area contributed by atoms with Gasteiger partial charge in [-0.3, -0.25) is 0 Å². The highest BCUT2D eigenvalue weighted by atomic mass is 79.9. The third kappa shape index (κ3) is 3.24. The second-order valence-corrected chi connectivity index (χ2v) is 5.13. The smallest absolute Gasteiger partial charge is 0.384 e. The van der Waals surface area contributed by atoms with Crippen LogP contribution in [0.3, 0.4) is 0 Å². The van der Waals surface area contributed by atoms with Crippen molar-refractivity contribution in [2.24, 2.45) is 0 Å². The lowest BCUT2D eigenvalue weighted by molar-refractivity contribution is -0.139. The molecule has 1 atom stereocenters. The van der Waals surface area contributed by atoms with E-state index in [0.717, 1.165) is 18.2 Å². The summed E-state index contributed by atoms with van der Waals surface area (Å²) in [5, 5.41) is 10.0. The van der Waals surface area contributed by atoms with Crippen LogP contribution in [0.2, 0.25) is 0 Å². The molecule has 0 radical (unpaired) electrons. The fourth-order valence-electron chi connectivity index (χ4n) is 1.91. The molecular weight excluding hydrogens is 359 g/mol. The lowest BCUT2D eigenvalue weighted by atomic mass is 9.96. The van der Waals surface area contributed by atoms with E-state index in [1.165, 1.54) is 12.1 Å². The fraction of sp³-hybridized carbons (Fsp3) is 0.143. The highest BCUT2D eigenvalue weighted by molar-refractivity contribution is 9.10. The molecule has 1 unspecified atom stereocenters. The summed E-state index contributed by atoms with van der Waals surface area (Å²) in [5.41, 5.74) is -2.28. The molecule has 0 fully saturated rings. The van der Waals surface area contributed by atoms with Gasteiger partial charge in [-0.1, -0.05) is 18.2 Å². The molecule has 1 nitrogen and oxygen atoms in total. The normalized spacial score (nSPS) is 13.3. The number of halogens is 6. The first-order chi connectivity index (χ1) is 9.71. The molecule has 0 aliphatic rings. The summed E-state index contributed by atoms with van der Waals surface area (Å²) >= 11 is 2.89. The van der Waals surface area contributed by atoms with Crippen molar-refractivity contribution < 1.29 is 27.1 Å². The number of hydrogen-bond donors (Lipinski definition) is 1. The molecule has 0 aliphatic heterocycles. The number of aliphatic hydroxyl groups is 1. The van der Waals surface area contributed by atoms with Crippen LogP contribution >= 0.6 is 15.9 Å². The highest BCUT2D eigenvalue weighted by Gasteiger charge is 2.36. The molecule has 0 spiro atoms. The Labute approximate surface area is 125 Å². The average molecular weight is 367 g/mol. The van der Waals surface area contributed by atoms with Crippen molar-refractivity contribution in [3.8, 4) is 0 Å². The molecule has 0 aromatic heterocycles. The van der Waals surface area contributed by atoms with E-state index in [1.807, 2.05) is 0 Å². The molecular formula is C14H8BrF5O. The van der Waals surface area contributed by atoms with Crippen LogP contribution in [-0.4, -0.2) is 5.11 Å². The van der Waals surface area contributed by atoms with E-state index in [9.17, 15) is 27.1 Å². The van der Waals surface area contributed by atoms with E-state index >= 15 is 0 Å². The van der Waals surface area contributed by atoms with Crippen molar-refractivity contribution in [1.82, 2.24) is 0 Å². The van der Waals surface area contributed by atoms with Gasteiger partial charge in [0.2, 0.25) is 0 Å². The molecule has 21 heavy (non-hydrogen) atoms. The van der Waals surface area contributed by atoms with Crippen LogP contribution in [0.1, 0.15) is 22.8 Å². The quantitative estimate of drug-likeness (QED) is 0.755. The van der Waals surface area contributed by atoms with E-state index in [2.05, 4.69) is 15.9 Å². The third-order valence-electron chi connectivity index (χ3n) is 2.89. The lowest BCUT2D eigenvalue weighted by Crippen LogP contribution is -2.14. The Bertz CT molecular complexity index is 669. The molecule has 0 amide bonds. The zero-order valence-electron chi connectivity index (χ0n) is 10.3. The number of hydrogen-bond acceptors (Lipinski definition) is 1. The summed E-state index contributed by atoms with van der Waals surface area (Å²) in [6, 6.07) is 5.74. The van der Waals surface area contributed by atoms with E-state index in [0.29, 0.717) is 0 Å². The molecule has 2 aromatic carbocycles. The van der Waals surface area contributed by atoms with Gasteiger partial charge < -0.3 is 5.11 Å². The monoisotopic (exact) mass is 366 g/mol. The Morgan fingerprint density at radius 2 is 1.67 bits per heavy atom. The van der Waals surface area contributed by atoms with Gasteiger partial charge in [0.05, 0.1) is 10.0 Å². The second-order valence-electron chi connectivity index (χ2n) is 4.27. The number of rotatable bonds is 2. The molecule has 0 bridgehead atoms. The summed E-state index contributed by atoms with van der Waals surface area (Å²) in [4.78, 5) is 0. The Balaban J connectivity index is 2.59. The average Bonchev–Trinajstić information content (AvgIpc) is 2.40. The first-order valence-electron chi connectivity index (χ1n) is 5.70. The molecule has 1 N–H and O–H groups in total. The van der Waals surface area contributed by atoms with Crippen molar-refractivity contribution in [3.05, 3.63) is 69.2 Å². The lowest BCUT2D eigenvalue weighted by Gasteiger charge is -2.18. The maximum Gasteiger partial charge on any atom is 0.416 e. The van der Waals surface area contributed by atoms with Crippen LogP contribution in [-0.2, 0) is 6.18 Å². The van der Waals surface area contributed by atoms with Gasteiger partial charge in [-0.05, 0) is 39.7 Å². The van der Waals surface area contributed by atoms with Gasteiger partial charge >= 0.3 is 6.18 Å². The number of benzene rings is 2. The first kappa shape index (κ1) is 15.9. The van der Waals surface area contributed by atoms with Crippen molar-refractivity contribution in [2.45, 2.75) is 12.3 Å². The van der Waals surface area contributed by atoms with Gasteiger partial charge in [0, 0.05) is 5.56 Å². The molecule has 7 heteroatoms. The van der Waals surface area contributed by atoms with Gasteiger partial charge in [0.15, 0.2) is 0 Å². The highest BCUT2D eigenvalue weighted by Crippen LogP contribution is 2.38. The summed E-state index contributed by atoms with van der Waals surface area (Å²) in [6.07, 6.45) is -6.72. The van der Waals surface area contributed by atoms with E-state index in [1.54, 1.807) is 0 Å². The predicted molar refractivity (Wildman–Crippen MR) is 69.6 cm³/mol. The maximum absolute atomic E-state index is 13.9. The van der Waals surface area contributed by atoms with Gasteiger partial charge in [-0.2, -0.15) is 13.2 Å². The van der Waals surface area contributed by atoms with E-state index < -0.39 is 35.0 Å². The summed E-state index contributed by atoms with van der Waals surface area (Å²) in [7, 11) is 0. The van der Waals surface area contributed by atoms with Crippen molar-refractivity contribution in [1.29, 1.82) is 0 Å². The van der Waals surface area contributed by atoms with Crippen LogP contribution in [0.25, 0.3) is 0 Å². The van der Waals surface area contributed by atoms with Crippen LogP contribution in [0, 0.1) is 11.6 Å². The van der Waals surface area contributed by atoms with Crippen LogP contribution < -0.4 is 0 Å². The van der Waals surface area contributed by atoms with Crippen LogP contribution in [0.4, 0.5) is 22.0 Å². The topological polar surface area (TPSA) is 20.2 Å². The summed E-state index contributed by atoms with van der Waals surface area (Å²) in [6.45, 7) is 0. The van der Waals surface area contributed by atoms with Gasteiger partial charge in [-0.25, -0.2) is 8.78 Å².